The fourth-order valence-electron chi connectivity index (χ4n) is 9.93. The molecule has 3 aromatic rings. The Bertz CT molecular complexity index is 2160. The van der Waals surface area contributed by atoms with E-state index in [0.29, 0.717) is 41.5 Å². The van der Waals surface area contributed by atoms with Crippen molar-refractivity contribution < 1.29 is 58.2 Å². The molecule has 4 aliphatic rings. The molecular weight excluding hydrogens is 847 g/mol. The maximum atomic E-state index is 14.6. The van der Waals surface area contributed by atoms with Crippen molar-refractivity contribution in [1.82, 2.24) is 4.90 Å². The minimum Gasteiger partial charge on any atom is -0.497 e. The maximum Gasteiger partial charge on any atom is 0.417 e. The Labute approximate surface area is 387 Å². The Morgan fingerprint density at radius 3 is 2.41 bits per heavy atom. The number of nitrogens with one attached hydrogen (secondary N) is 1. The monoisotopic (exact) mass is 911 g/mol. The molecule has 0 radical (unpaired) electrons. The number of ether oxygens (including phenoxy) is 6. The van der Waals surface area contributed by atoms with Gasteiger partial charge in [0.2, 0.25) is 11.7 Å². The van der Waals surface area contributed by atoms with E-state index in [4.69, 9.17) is 38.4 Å². The summed E-state index contributed by atoms with van der Waals surface area (Å²) in [6.07, 6.45) is 9.27. The number of allylic oxidation sites excluding steroid dienone is 1. The van der Waals surface area contributed by atoms with Crippen LogP contribution in [0.5, 0.6) is 23.0 Å². The van der Waals surface area contributed by atoms with Gasteiger partial charge in [-0.1, -0.05) is 60.5 Å². The van der Waals surface area contributed by atoms with Crippen LogP contribution in [0.25, 0.3) is 0 Å². The Morgan fingerprint density at radius 1 is 0.924 bits per heavy atom. The van der Waals surface area contributed by atoms with Crippen molar-refractivity contribution in [3.63, 3.8) is 0 Å². The van der Waals surface area contributed by atoms with E-state index in [2.05, 4.69) is 18.0 Å². The Hall–Kier alpha value is -5.45. The molecule has 1 aliphatic heterocycles. The van der Waals surface area contributed by atoms with Crippen LogP contribution in [0.2, 0.25) is 0 Å². The van der Waals surface area contributed by atoms with Gasteiger partial charge in [-0.2, -0.15) is 0 Å². The van der Waals surface area contributed by atoms with E-state index in [9.17, 15) is 24.9 Å². The van der Waals surface area contributed by atoms with E-state index in [1.807, 2.05) is 41.3 Å². The van der Waals surface area contributed by atoms with Crippen LogP contribution in [0, 0.1) is 23.7 Å². The smallest absolute Gasteiger partial charge is 0.417 e. The first-order chi connectivity index (χ1) is 32.3. The van der Waals surface area contributed by atoms with Crippen LogP contribution in [0.4, 0.5) is 10.5 Å². The number of aliphatic hydroxyl groups is 3. The van der Waals surface area contributed by atoms with E-state index in [1.54, 1.807) is 43.5 Å². The van der Waals surface area contributed by atoms with Crippen LogP contribution in [0.15, 0.2) is 96.2 Å². The Morgan fingerprint density at radius 2 is 1.70 bits per heavy atom. The second-order valence-electron chi connectivity index (χ2n) is 17.3. The van der Waals surface area contributed by atoms with E-state index in [1.165, 1.54) is 7.11 Å². The number of oxime groups is 1. The number of hydrogen-bond donors (Lipinski definition) is 4. The topological polar surface area (TPSA) is 187 Å². The molecule has 4 N–H and O–H groups in total. The number of aliphatic hydroxyl groups excluding tert-OH is 3. The lowest BCUT2D eigenvalue weighted by atomic mass is 9.55. The van der Waals surface area contributed by atoms with Gasteiger partial charge in [0.25, 0.3) is 0 Å². The minimum atomic E-state index is -1.46. The molecule has 0 spiro atoms. The van der Waals surface area contributed by atoms with Crippen LogP contribution in [-0.2, 0) is 25.7 Å². The van der Waals surface area contributed by atoms with Gasteiger partial charge in [-0.15, -0.1) is 6.58 Å². The number of benzene rings is 3. The molecule has 2 saturated carbocycles. The van der Waals surface area contributed by atoms with Gasteiger partial charge in [0.05, 0.1) is 58.0 Å². The highest BCUT2D eigenvalue weighted by Crippen LogP contribution is 2.62. The summed E-state index contributed by atoms with van der Waals surface area (Å²) in [7, 11) is 3.05. The molecular formula is C51H65N3O12. The first kappa shape index (κ1) is 48.5. The predicted octanol–water partition coefficient (Wildman–Crippen LogP) is 7.40. The summed E-state index contributed by atoms with van der Waals surface area (Å²) in [5.74, 6) is -0.835. The number of nitrogens with zero attached hydrogens (tertiary/aromatic N) is 2. The second-order valence-corrected chi connectivity index (χ2v) is 17.3. The van der Waals surface area contributed by atoms with Crippen LogP contribution >= 0.6 is 0 Å². The number of hydrogen-bond acceptors (Lipinski definition) is 13. The predicted molar refractivity (Wildman–Crippen MR) is 248 cm³/mol. The molecule has 2 amide bonds. The number of anilines is 1. The first-order valence-corrected chi connectivity index (χ1v) is 23.2. The average molecular weight is 912 g/mol. The minimum absolute atomic E-state index is 0.00286. The summed E-state index contributed by atoms with van der Waals surface area (Å²) in [5.41, 5.74) is 3.70. The SMILES string of the molecule is C=CCO[C@@]12Oc3ccc(OC(=O)Nc4ccc(OC)cc4OC)cc3[C@H]3[C@H](CCCCO)[C@@H](CCCCO)C=C(C(=NOCc4ccccc4)C[C@@H]1N(CCOCCO)C(=O)C1CC1)[C@H]32. The zero-order valence-corrected chi connectivity index (χ0v) is 38.1. The van der Waals surface area contributed by atoms with Crippen LogP contribution < -0.4 is 24.3 Å². The normalized spacial score (nSPS) is 23.4. The van der Waals surface area contributed by atoms with E-state index < -0.39 is 23.8 Å². The molecule has 15 heteroatoms. The third kappa shape index (κ3) is 11.2. The number of methoxy groups -OCH3 is 2. The van der Waals surface area contributed by atoms with Crippen molar-refractivity contribution in [1.29, 1.82) is 0 Å². The van der Waals surface area contributed by atoms with Crippen molar-refractivity contribution in [2.45, 2.75) is 82.1 Å². The van der Waals surface area contributed by atoms with Crippen LogP contribution in [0.1, 0.15) is 74.8 Å². The summed E-state index contributed by atoms with van der Waals surface area (Å²) >= 11 is 0. The maximum absolute atomic E-state index is 14.6. The summed E-state index contributed by atoms with van der Waals surface area (Å²) in [5, 5.41) is 37.2. The molecule has 1 heterocycles. The zero-order chi connectivity index (χ0) is 46.5. The largest absolute Gasteiger partial charge is 0.497 e. The lowest BCUT2D eigenvalue weighted by Crippen LogP contribution is -2.70. The molecule has 2 fully saturated rings. The number of carbonyl (C=O) groups is 2. The highest BCUT2D eigenvalue weighted by atomic mass is 16.7. The molecule has 0 aromatic heterocycles. The van der Waals surface area contributed by atoms with Crippen LogP contribution in [-0.4, -0.2) is 110 Å². The second kappa shape index (κ2) is 23.3. The molecule has 0 saturated heterocycles. The van der Waals surface area contributed by atoms with Crippen molar-refractivity contribution >= 4 is 23.4 Å². The van der Waals surface area contributed by atoms with E-state index in [0.717, 1.165) is 55.2 Å². The number of amides is 2. The van der Waals surface area contributed by atoms with Gasteiger partial charge in [0, 0.05) is 49.6 Å². The molecule has 7 rings (SSSR count). The first-order valence-electron chi connectivity index (χ1n) is 23.2. The lowest BCUT2D eigenvalue weighted by molar-refractivity contribution is -0.258. The fourth-order valence-corrected chi connectivity index (χ4v) is 9.93. The molecule has 3 aliphatic carbocycles. The van der Waals surface area contributed by atoms with Crippen molar-refractivity contribution in [2.75, 3.05) is 65.7 Å². The third-order valence-corrected chi connectivity index (χ3v) is 13.0. The molecule has 6 atom stereocenters. The van der Waals surface area contributed by atoms with Gasteiger partial charge < -0.3 is 53.5 Å². The standard InChI is InChI=1S/C51H65N3O12/c1-4-26-63-51-46(54(22-27-62-28-25-57)49(58)35-16-17-35)32-43(53-64-33-34-12-6-5-7-13-34)40-29-36(14-8-10-23-55)39(15-9-11-24-56)47(48(40)51)41-30-38(19-21-44(41)66-51)65-50(59)52-42-20-18-37(60-2)31-45(42)61-3/h4-7,12-13,18-21,29-31,35-36,39,46-48,55-57H,1,8-11,14-17,22-28,32-33H2,2-3H3,(H,52,59)/t36-,39+,46-,47+,48+,51+/m0/s1. The quantitative estimate of drug-likeness (QED) is 0.0376. The molecule has 356 valence electrons. The fraction of sp³-hybridized carbons (Fsp3) is 0.510. The van der Waals surface area contributed by atoms with Gasteiger partial charge in [-0.05, 0) is 91.8 Å². The van der Waals surface area contributed by atoms with Crippen molar-refractivity contribution in [2.24, 2.45) is 28.8 Å². The van der Waals surface area contributed by atoms with Crippen LogP contribution in [0.3, 0.4) is 0 Å². The summed E-state index contributed by atoms with van der Waals surface area (Å²) < 4.78 is 37.1. The highest BCUT2D eigenvalue weighted by molar-refractivity contribution is 6.03. The number of rotatable bonds is 25. The van der Waals surface area contributed by atoms with E-state index >= 15 is 0 Å². The number of carbonyl (C=O) groups excluding carboxylic acids is 2. The molecule has 66 heavy (non-hydrogen) atoms. The van der Waals surface area contributed by atoms with Gasteiger partial charge in [-0.3, -0.25) is 10.1 Å². The summed E-state index contributed by atoms with van der Waals surface area (Å²) in [4.78, 5) is 36.3. The molecule has 0 unspecified atom stereocenters. The van der Waals surface area contributed by atoms with Crippen molar-refractivity contribution in [3.8, 4) is 23.0 Å². The lowest BCUT2D eigenvalue weighted by Gasteiger charge is -2.60. The molecule has 15 nitrogen and oxygen atoms in total. The van der Waals surface area contributed by atoms with Gasteiger partial charge in [0.1, 0.15) is 35.6 Å². The Kier molecular flexibility index (Phi) is 17.1. The molecule has 0 bridgehead atoms. The van der Waals surface area contributed by atoms with Crippen molar-refractivity contribution in [3.05, 3.63) is 102 Å². The average Bonchev–Trinajstić information content (AvgIpc) is 4.19. The third-order valence-electron chi connectivity index (χ3n) is 13.0. The number of unbranched alkanes of at least 4 members (excludes halogenated alkanes) is 2. The van der Waals surface area contributed by atoms with Gasteiger partial charge >= 0.3 is 6.09 Å². The molecule has 3 aromatic carbocycles. The highest BCUT2D eigenvalue weighted by Gasteiger charge is 2.66. The number of fused-ring (bicyclic) bond motifs is 2. The van der Waals surface area contributed by atoms with Gasteiger partial charge in [0.15, 0.2) is 0 Å². The van der Waals surface area contributed by atoms with E-state index in [-0.39, 0.29) is 94.5 Å². The summed E-state index contributed by atoms with van der Waals surface area (Å²) in [6, 6.07) is 19.5. The van der Waals surface area contributed by atoms with Gasteiger partial charge in [-0.25, -0.2) is 4.79 Å². The Balaban J connectivity index is 1.38. The summed E-state index contributed by atoms with van der Waals surface area (Å²) in [6.45, 7) is 4.84. The zero-order valence-electron chi connectivity index (χ0n) is 38.1.